The van der Waals surface area contributed by atoms with Crippen LogP contribution in [0.5, 0.6) is 5.75 Å². The Morgan fingerprint density at radius 2 is 2.00 bits per heavy atom. The molecule has 19 heavy (non-hydrogen) atoms. The number of phenols is 1. The van der Waals surface area contributed by atoms with E-state index in [1.54, 1.807) is 12.4 Å². The summed E-state index contributed by atoms with van der Waals surface area (Å²) in [6.45, 7) is 0. The second kappa shape index (κ2) is 4.91. The van der Waals surface area contributed by atoms with Gasteiger partial charge < -0.3 is 15.4 Å². The van der Waals surface area contributed by atoms with E-state index in [1.165, 1.54) is 19.3 Å². The highest BCUT2D eigenvalue weighted by Crippen LogP contribution is 2.36. The van der Waals surface area contributed by atoms with Crippen molar-refractivity contribution in [1.29, 1.82) is 0 Å². The first kappa shape index (κ1) is 12.0. The third-order valence-corrected chi connectivity index (χ3v) is 3.85. The van der Waals surface area contributed by atoms with Gasteiger partial charge in [-0.25, -0.2) is 0 Å². The maximum atomic E-state index is 10.1. The number of aromatic nitrogens is 3. The maximum Gasteiger partial charge on any atom is 0.167 e. The Morgan fingerprint density at radius 1 is 1.21 bits per heavy atom. The van der Waals surface area contributed by atoms with Crippen molar-refractivity contribution in [3.8, 4) is 17.1 Å². The minimum absolute atomic E-state index is 0.0903. The molecule has 2 aromatic rings. The Kier molecular flexibility index (Phi) is 3.11. The molecule has 0 unspecified atom stereocenters. The summed E-state index contributed by atoms with van der Waals surface area (Å²) in [5, 5.41) is 18.3. The zero-order valence-electron chi connectivity index (χ0n) is 10.8. The minimum Gasteiger partial charge on any atom is -0.505 e. The van der Waals surface area contributed by atoms with Gasteiger partial charge in [-0.2, -0.15) is 0 Å². The molecule has 1 heterocycles. The summed E-state index contributed by atoms with van der Waals surface area (Å²) >= 11 is 0. The summed E-state index contributed by atoms with van der Waals surface area (Å²) in [6.07, 6.45) is 7.84. The Bertz CT molecular complexity index is 573. The van der Waals surface area contributed by atoms with E-state index in [9.17, 15) is 5.11 Å². The van der Waals surface area contributed by atoms with Gasteiger partial charge in [-0.1, -0.05) is 25.3 Å². The van der Waals surface area contributed by atoms with Crippen LogP contribution in [0.4, 0.5) is 5.69 Å². The zero-order chi connectivity index (χ0) is 13.2. The predicted octanol–water partition coefficient (Wildman–Crippen LogP) is 2.74. The Labute approximate surface area is 112 Å². The quantitative estimate of drug-likeness (QED) is 0.641. The smallest absolute Gasteiger partial charge is 0.167 e. The summed E-state index contributed by atoms with van der Waals surface area (Å²) in [4.78, 5) is 0. The monoisotopic (exact) mass is 258 g/mol. The molecule has 3 rings (SSSR count). The van der Waals surface area contributed by atoms with Crippen molar-refractivity contribution in [2.75, 3.05) is 5.73 Å². The molecule has 5 heteroatoms. The van der Waals surface area contributed by atoms with Crippen LogP contribution in [0.2, 0.25) is 0 Å². The first-order valence-electron chi connectivity index (χ1n) is 6.74. The Hall–Kier alpha value is -2.04. The number of para-hydroxylation sites is 1. The van der Waals surface area contributed by atoms with Crippen LogP contribution in [-0.4, -0.2) is 19.9 Å². The SMILES string of the molecule is Nc1cccc(-c2nncn2C2CCCCC2)c1O. The van der Waals surface area contributed by atoms with Crippen molar-refractivity contribution in [3.63, 3.8) is 0 Å². The van der Waals surface area contributed by atoms with Crippen molar-refractivity contribution in [2.24, 2.45) is 0 Å². The van der Waals surface area contributed by atoms with Gasteiger partial charge in [0.15, 0.2) is 5.82 Å². The topological polar surface area (TPSA) is 77.0 Å². The Morgan fingerprint density at radius 3 is 2.79 bits per heavy atom. The first-order valence-corrected chi connectivity index (χ1v) is 6.74. The Balaban J connectivity index is 2.01. The van der Waals surface area contributed by atoms with Gasteiger partial charge in [-0.3, -0.25) is 0 Å². The van der Waals surface area contributed by atoms with Gasteiger partial charge in [0.05, 0.1) is 11.3 Å². The van der Waals surface area contributed by atoms with Gasteiger partial charge in [-0.05, 0) is 25.0 Å². The molecule has 0 radical (unpaired) electrons. The molecule has 1 fully saturated rings. The molecule has 0 saturated heterocycles. The van der Waals surface area contributed by atoms with E-state index in [-0.39, 0.29) is 5.75 Å². The van der Waals surface area contributed by atoms with Crippen LogP contribution in [0.15, 0.2) is 24.5 Å². The summed E-state index contributed by atoms with van der Waals surface area (Å²) in [5.41, 5.74) is 6.77. The molecule has 1 aliphatic rings. The number of nitrogen functional groups attached to an aromatic ring is 1. The van der Waals surface area contributed by atoms with Crippen LogP contribution >= 0.6 is 0 Å². The highest BCUT2D eigenvalue weighted by Gasteiger charge is 2.21. The van der Waals surface area contributed by atoms with Crippen molar-refractivity contribution in [3.05, 3.63) is 24.5 Å². The fraction of sp³-hybridized carbons (Fsp3) is 0.429. The molecule has 1 saturated carbocycles. The lowest BCUT2D eigenvalue weighted by atomic mass is 9.95. The number of anilines is 1. The molecule has 0 amide bonds. The fourth-order valence-corrected chi connectivity index (χ4v) is 2.80. The average Bonchev–Trinajstić information content (AvgIpc) is 2.92. The molecule has 100 valence electrons. The molecule has 1 aromatic carbocycles. The van der Waals surface area contributed by atoms with E-state index >= 15 is 0 Å². The highest BCUT2D eigenvalue weighted by atomic mass is 16.3. The molecule has 0 aliphatic heterocycles. The summed E-state index contributed by atoms with van der Waals surface area (Å²) in [6, 6.07) is 5.76. The third-order valence-electron chi connectivity index (χ3n) is 3.85. The van der Waals surface area contributed by atoms with Crippen LogP contribution in [0.1, 0.15) is 38.1 Å². The average molecular weight is 258 g/mol. The van der Waals surface area contributed by atoms with Crippen molar-refractivity contribution in [2.45, 2.75) is 38.1 Å². The van der Waals surface area contributed by atoms with E-state index in [0.29, 0.717) is 23.1 Å². The van der Waals surface area contributed by atoms with E-state index in [4.69, 9.17) is 5.73 Å². The number of nitrogens with two attached hydrogens (primary N) is 1. The van der Waals surface area contributed by atoms with Crippen LogP contribution in [0.3, 0.4) is 0 Å². The lowest BCUT2D eigenvalue weighted by Crippen LogP contribution is -2.13. The van der Waals surface area contributed by atoms with Crippen LogP contribution < -0.4 is 5.73 Å². The summed E-state index contributed by atoms with van der Waals surface area (Å²) in [7, 11) is 0. The molecule has 1 aliphatic carbocycles. The molecular formula is C14H18N4O. The van der Waals surface area contributed by atoms with E-state index in [0.717, 1.165) is 12.8 Å². The maximum absolute atomic E-state index is 10.1. The van der Waals surface area contributed by atoms with Gasteiger partial charge in [-0.15, -0.1) is 10.2 Å². The molecule has 3 N–H and O–H groups in total. The minimum atomic E-state index is 0.0903. The van der Waals surface area contributed by atoms with Gasteiger partial charge in [0, 0.05) is 6.04 Å². The van der Waals surface area contributed by atoms with E-state index in [2.05, 4.69) is 14.8 Å². The standard InChI is InChI=1S/C14H18N4O/c15-12-8-4-7-11(13(12)19)14-17-16-9-18(14)10-5-2-1-3-6-10/h4,7-10,19H,1-3,5-6,15H2. The molecule has 0 atom stereocenters. The number of nitrogens with zero attached hydrogens (tertiary/aromatic N) is 3. The van der Waals surface area contributed by atoms with Crippen LogP contribution in [0.25, 0.3) is 11.4 Å². The second-order valence-corrected chi connectivity index (χ2v) is 5.10. The number of rotatable bonds is 2. The number of phenolic OH excluding ortho intramolecular Hbond substituents is 1. The summed E-state index contributed by atoms with van der Waals surface area (Å²) < 4.78 is 2.08. The zero-order valence-corrected chi connectivity index (χ0v) is 10.8. The highest BCUT2D eigenvalue weighted by molar-refractivity contribution is 5.72. The van der Waals surface area contributed by atoms with Crippen molar-refractivity contribution >= 4 is 5.69 Å². The number of hydrogen-bond acceptors (Lipinski definition) is 4. The number of hydrogen-bond donors (Lipinski definition) is 2. The number of benzene rings is 1. The number of aromatic hydroxyl groups is 1. The van der Waals surface area contributed by atoms with Crippen molar-refractivity contribution < 1.29 is 5.11 Å². The molecule has 1 aromatic heterocycles. The van der Waals surface area contributed by atoms with E-state index < -0.39 is 0 Å². The lowest BCUT2D eigenvalue weighted by molar-refractivity contribution is 0.354. The van der Waals surface area contributed by atoms with Crippen molar-refractivity contribution in [1.82, 2.24) is 14.8 Å². The van der Waals surface area contributed by atoms with E-state index in [1.807, 2.05) is 12.1 Å². The van der Waals surface area contributed by atoms with Gasteiger partial charge in [0.25, 0.3) is 0 Å². The largest absolute Gasteiger partial charge is 0.505 e. The lowest BCUT2D eigenvalue weighted by Gasteiger charge is -2.24. The molecule has 0 spiro atoms. The van der Waals surface area contributed by atoms with Gasteiger partial charge in [0.1, 0.15) is 12.1 Å². The van der Waals surface area contributed by atoms with Gasteiger partial charge >= 0.3 is 0 Å². The van der Waals surface area contributed by atoms with Crippen LogP contribution in [0, 0.1) is 0 Å². The molecule has 0 bridgehead atoms. The predicted molar refractivity (Wildman–Crippen MR) is 73.7 cm³/mol. The summed E-state index contributed by atoms with van der Waals surface area (Å²) in [5.74, 6) is 0.796. The van der Waals surface area contributed by atoms with Crippen LogP contribution in [-0.2, 0) is 0 Å². The second-order valence-electron chi connectivity index (χ2n) is 5.10. The normalized spacial score (nSPS) is 16.6. The third kappa shape index (κ3) is 2.16. The fourth-order valence-electron chi connectivity index (χ4n) is 2.80. The molecular weight excluding hydrogens is 240 g/mol. The van der Waals surface area contributed by atoms with Gasteiger partial charge in [0.2, 0.25) is 0 Å². The first-order chi connectivity index (χ1) is 9.27. The molecule has 5 nitrogen and oxygen atoms in total.